The summed E-state index contributed by atoms with van der Waals surface area (Å²) in [5.74, 6) is -0.501. The molecule has 28 heavy (non-hydrogen) atoms. The van der Waals surface area contributed by atoms with Crippen LogP contribution in [0.2, 0.25) is 0 Å². The van der Waals surface area contributed by atoms with Crippen molar-refractivity contribution in [3.63, 3.8) is 0 Å². The second-order valence-corrected chi connectivity index (χ2v) is 7.36. The molecule has 0 radical (unpaired) electrons. The summed E-state index contributed by atoms with van der Waals surface area (Å²) in [6, 6.07) is 6.54. The summed E-state index contributed by atoms with van der Waals surface area (Å²) >= 11 is 0. The maximum atomic E-state index is 12.5. The second kappa shape index (κ2) is 7.10. The highest BCUT2D eigenvalue weighted by Gasteiger charge is 2.44. The third kappa shape index (κ3) is 3.49. The number of aryl methyl sites for hydroxylation is 3. The molecule has 1 aromatic carbocycles. The third-order valence-corrected chi connectivity index (χ3v) is 5.02. The van der Waals surface area contributed by atoms with Gasteiger partial charge in [-0.2, -0.15) is 5.10 Å². The maximum Gasteiger partial charge on any atom is 0.319 e. The van der Waals surface area contributed by atoms with Gasteiger partial charge >= 0.3 is 6.03 Å². The molecule has 1 aromatic heterocycles. The van der Waals surface area contributed by atoms with Crippen molar-refractivity contribution < 1.29 is 14.4 Å². The van der Waals surface area contributed by atoms with Crippen LogP contribution in [0.3, 0.4) is 0 Å². The first-order chi connectivity index (χ1) is 13.4. The lowest BCUT2D eigenvalue weighted by atomic mass is 10.1. The van der Waals surface area contributed by atoms with Crippen molar-refractivity contribution in [1.29, 1.82) is 0 Å². The number of aromatic nitrogens is 2. The van der Waals surface area contributed by atoms with E-state index in [0.29, 0.717) is 23.4 Å². The number of carbonyl (C=O) groups is 3. The highest BCUT2D eigenvalue weighted by Crippen LogP contribution is 2.35. The molecule has 2 aliphatic rings. The zero-order valence-electron chi connectivity index (χ0n) is 16.0. The van der Waals surface area contributed by atoms with Gasteiger partial charge in [-0.1, -0.05) is 0 Å². The summed E-state index contributed by atoms with van der Waals surface area (Å²) in [7, 11) is 0. The molecule has 1 aliphatic carbocycles. The first-order valence-corrected chi connectivity index (χ1v) is 9.52. The lowest BCUT2D eigenvalue weighted by Gasteiger charge is -2.11. The summed E-state index contributed by atoms with van der Waals surface area (Å²) in [6.45, 7) is 5.19. The smallest absolute Gasteiger partial charge is 0.319 e. The molecule has 2 N–H and O–H groups in total. The first kappa shape index (κ1) is 18.2. The molecule has 2 heterocycles. The average molecular weight is 381 g/mol. The molecular formula is C20H23N5O3. The Morgan fingerprint density at radius 2 is 1.89 bits per heavy atom. The van der Waals surface area contributed by atoms with Crippen LogP contribution in [0.4, 0.5) is 10.5 Å². The molecule has 0 saturated heterocycles. The van der Waals surface area contributed by atoms with Crippen molar-refractivity contribution in [2.75, 3.05) is 11.9 Å². The van der Waals surface area contributed by atoms with E-state index < -0.39 is 0 Å². The Kier molecular flexibility index (Phi) is 4.62. The van der Waals surface area contributed by atoms with Gasteiger partial charge in [-0.3, -0.25) is 19.2 Å². The number of rotatable bonds is 6. The topological polar surface area (TPSA) is 96.3 Å². The van der Waals surface area contributed by atoms with E-state index in [4.69, 9.17) is 0 Å². The van der Waals surface area contributed by atoms with Crippen LogP contribution in [0.5, 0.6) is 0 Å². The standard InChI is InChI=1S/C20H23N5O3/c1-12-10-13(2)24(23-12)9-3-8-21-20(28)22-14-4-7-16-17(11-14)19(27)25(18(16)26)15-5-6-15/h4,7,10-11,15H,3,5-6,8-9H2,1-2H3,(H2,21,22,28). The van der Waals surface area contributed by atoms with Crippen LogP contribution < -0.4 is 10.6 Å². The molecule has 0 bridgehead atoms. The minimum atomic E-state index is -0.343. The number of nitrogens with one attached hydrogen (secondary N) is 2. The van der Waals surface area contributed by atoms with E-state index in [1.165, 1.54) is 4.90 Å². The minimum Gasteiger partial charge on any atom is -0.338 e. The zero-order valence-corrected chi connectivity index (χ0v) is 16.0. The summed E-state index contributed by atoms with van der Waals surface area (Å²) in [5, 5.41) is 9.91. The predicted molar refractivity (Wildman–Crippen MR) is 103 cm³/mol. The van der Waals surface area contributed by atoms with Crippen LogP contribution in [0.15, 0.2) is 24.3 Å². The monoisotopic (exact) mass is 381 g/mol. The van der Waals surface area contributed by atoms with Gasteiger partial charge in [0.15, 0.2) is 0 Å². The second-order valence-electron chi connectivity index (χ2n) is 7.36. The Balaban J connectivity index is 1.30. The number of fused-ring (bicyclic) bond motifs is 1. The van der Waals surface area contributed by atoms with Crippen molar-refractivity contribution in [3.8, 4) is 0 Å². The van der Waals surface area contributed by atoms with E-state index in [9.17, 15) is 14.4 Å². The van der Waals surface area contributed by atoms with Gasteiger partial charge in [0.1, 0.15) is 0 Å². The molecule has 4 rings (SSSR count). The highest BCUT2D eigenvalue weighted by atomic mass is 16.2. The van der Waals surface area contributed by atoms with Crippen LogP contribution in [-0.4, -0.2) is 45.1 Å². The van der Waals surface area contributed by atoms with Gasteiger partial charge in [-0.15, -0.1) is 0 Å². The molecule has 1 saturated carbocycles. The summed E-state index contributed by atoms with van der Waals surface area (Å²) in [4.78, 5) is 38.3. The van der Waals surface area contributed by atoms with E-state index >= 15 is 0 Å². The van der Waals surface area contributed by atoms with Gasteiger partial charge in [0.25, 0.3) is 11.8 Å². The van der Waals surface area contributed by atoms with Crippen LogP contribution >= 0.6 is 0 Å². The summed E-state index contributed by atoms with van der Waals surface area (Å²) in [5.41, 5.74) is 3.34. The molecule has 1 aliphatic heterocycles. The molecule has 0 spiro atoms. The van der Waals surface area contributed by atoms with E-state index in [1.807, 2.05) is 24.6 Å². The molecule has 2 aromatic rings. The molecule has 0 atom stereocenters. The van der Waals surface area contributed by atoms with Gasteiger partial charge in [0.05, 0.1) is 16.8 Å². The quantitative estimate of drug-likeness (QED) is 0.593. The van der Waals surface area contributed by atoms with Crippen molar-refractivity contribution in [3.05, 3.63) is 46.8 Å². The fraction of sp³-hybridized carbons (Fsp3) is 0.400. The number of hydrogen-bond acceptors (Lipinski definition) is 4. The van der Waals surface area contributed by atoms with Crippen LogP contribution in [0.25, 0.3) is 0 Å². The van der Waals surface area contributed by atoms with E-state index in [2.05, 4.69) is 15.7 Å². The Bertz CT molecular complexity index is 961. The third-order valence-electron chi connectivity index (χ3n) is 5.02. The zero-order chi connectivity index (χ0) is 19.8. The lowest BCUT2D eigenvalue weighted by molar-refractivity contribution is 0.0642. The normalized spacial score (nSPS) is 15.7. The van der Waals surface area contributed by atoms with Crippen LogP contribution in [0, 0.1) is 13.8 Å². The van der Waals surface area contributed by atoms with E-state index in [1.54, 1.807) is 18.2 Å². The van der Waals surface area contributed by atoms with Crippen molar-refractivity contribution in [2.24, 2.45) is 0 Å². The summed E-state index contributed by atoms with van der Waals surface area (Å²) in [6.07, 6.45) is 2.50. The van der Waals surface area contributed by atoms with Gasteiger partial charge in [-0.25, -0.2) is 4.79 Å². The molecule has 146 valence electrons. The molecular weight excluding hydrogens is 358 g/mol. The Morgan fingerprint density at radius 3 is 2.57 bits per heavy atom. The molecule has 8 heteroatoms. The first-order valence-electron chi connectivity index (χ1n) is 9.52. The average Bonchev–Trinajstić information content (AvgIpc) is 3.38. The number of hydrogen-bond donors (Lipinski definition) is 2. The van der Waals surface area contributed by atoms with Crippen LogP contribution in [0.1, 0.15) is 51.4 Å². The molecule has 8 nitrogen and oxygen atoms in total. The van der Waals surface area contributed by atoms with Crippen molar-refractivity contribution in [2.45, 2.75) is 45.7 Å². The van der Waals surface area contributed by atoms with E-state index in [0.717, 1.165) is 37.2 Å². The maximum absolute atomic E-state index is 12.5. The van der Waals surface area contributed by atoms with Crippen molar-refractivity contribution in [1.82, 2.24) is 20.0 Å². The Morgan fingerprint density at radius 1 is 1.14 bits per heavy atom. The van der Waals surface area contributed by atoms with Gasteiger partial charge in [-0.05, 0) is 57.4 Å². The fourth-order valence-corrected chi connectivity index (χ4v) is 3.51. The lowest BCUT2D eigenvalue weighted by Crippen LogP contribution is -2.31. The SMILES string of the molecule is Cc1cc(C)n(CCCNC(=O)Nc2ccc3c(c2)C(=O)N(C2CC2)C3=O)n1. The number of carbonyl (C=O) groups excluding carboxylic acids is 3. The van der Waals surface area contributed by atoms with Gasteiger partial charge in [0, 0.05) is 30.5 Å². The molecule has 4 amide bonds. The highest BCUT2D eigenvalue weighted by molar-refractivity contribution is 6.22. The number of amides is 4. The van der Waals surface area contributed by atoms with Gasteiger partial charge < -0.3 is 10.6 Å². The minimum absolute atomic E-state index is 0.0364. The number of imide groups is 1. The van der Waals surface area contributed by atoms with Gasteiger partial charge in [0.2, 0.25) is 0 Å². The predicted octanol–water partition coefficient (Wildman–Crippen LogP) is 2.47. The van der Waals surface area contributed by atoms with Crippen LogP contribution in [-0.2, 0) is 6.54 Å². The molecule has 0 unspecified atom stereocenters. The largest absolute Gasteiger partial charge is 0.338 e. The summed E-state index contributed by atoms with van der Waals surface area (Å²) < 4.78 is 1.92. The molecule has 1 fully saturated rings. The van der Waals surface area contributed by atoms with Crippen molar-refractivity contribution >= 4 is 23.5 Å². The fourth-order valence-electron chi connectivity index (χ4n) is 3.51. The number of urea groups is 1. The number of benzene rings is 1. The van der Waals surface area contributed by atoms with E-state index in [-0.39, 0.29) is 23.9 Å². The Hall–Kier alpha value is -3.16. The number of anilines is 1. The Labute approximate surface area is 162 Å². The number of nitrogens with zero attached hydrogens (tertiary/aromatic N) is 3.